The molecule has 2 N–H and O–H groups in total. The van der Waals surface area contributed by atoms with E-state index in [2.05, 4.69) is 4.99 Å². The van der Waals surface area contributed by atoms with E-state index in [4.69, 9.17) is 17.3 Å². The van der Waals surface area contributed by atoms with Crippen molar-refractivity contribution in [2.75, 3.05) is 19.3 Å². The monoisotopic (exact) mass is 315 g/mol. The molecule has 1 aromatic carbocycles. The summed E-state index contributed by atoms with van der Waals surface area (Å²) in [6.45, 7) is 0.161. The van der Waals surface area contributed by atoms with Gasteiger partial charge in [0.25, 0.3) is 0 Å². The van der Waals surface area contributed by atoms with Gasteiger partial charge in [0.15, 0.2) is 15.8 Å². The fraction of sp³-hybridized carbons (Fsp3) is 0.462. The molecule has 0 atom stereocenters. The van der Waals surface area contributed by atoms with Crippen LogP contribution in [0.5, 0.6) is 0 Å². The summed E-state index contributed by atoms with van der Waals surface area (Å²) in [4.78, 5) is 6.28. The minimum atomic E-state index is -3.34. The third kappa shape index (κ3) is 3.86. The predicted molar refractivity (Wildman–Crippen MR) is 80.8 cm³/mol. The number of hydrogen-bond donors (Lipinski definition) is 1. The zero-order valence-electron chi connectivity index (χ0n) is 11.3. The van der Waals surface area contributed by atoms with Gasteiger partial charge < -0.3 is 10.6 Å². The molecule has 0 radical (unpaired) electrons. The first-order valence-corrected chi connectivity index (χ1v) is 8.44. The summed E-state index contributed by atoms with van der Waals surface area (Å²) >= 11 is 5.74. The number of halogens is 1. The molecule has 0 bridgehead atoms. The zero-order valence-corrected chi connectivity index (χ0v) is 12.9. The molecule has 1 aliphatic carbocycles. The van der Waals surface area contributed by atoms with Crippen LogP contribution in [-0.2, 0) is 9.84 Å². The number of hydrogen-bond acceptors (Lipinski definition) is 3. The van der Waals surface area contributed by atoms with Gasteiger partial charge in [0.05, 0.1) is 17.2 Å². The molecule has 0 amide bonds. The van der Waals surface area contributed by atoms with Crippen LogP contribution < -0.4 is 5.73 Å². The molecule has 0 aromatic heterocycles. The number of aliphatic imine (C=N–C) groups is 1. The van der Waals surface area contributed by atoms with Crippen LogP contribution in [0.3, 0.4) is 0 Å². The third-order valence-corrected chi connectivity index (χ3v) is 5.22. The average molecular weight is 316 g/mol. The Morgan fingerprint density at radius 1 is 1.40 bits per heavy atom. The summed E-state index contributed by atoms with van der Waals surface area (Å²) in [7, 11) is -1.46. The van der Waals surface area contributed by atoms with Crippen molar-refractivity contribution in [2.45, 2.75) is 23.8 Å². The Hall–Kier alpha value is -1.27. The highest BCUT2D eigenvalue weighted by Gasteiger charge is 2.27. The van der Waals surface area contributed by atoms with E-state index in [0.717, 1.165) is 12.8 Å². The van der Waals surface area contributed by atoms with Crippen molar-refractivity contribution in [3.8, 4) is 0 Å². The van der Waals surface area contributed by atoms with E-state index in [-0.39, 0.29) is 17.2 Å². The summed E-state index contributed by atoms with van der Waals surface area (Å²) in [6.07, 6.45) is 2.24. The molecule has 1 aliphatic rings. The normalized spacial score (nSPS) is 16.2. The highest BCUT2D eigenvalue weighted by atomic mass is 35.5. The van der Waals surface area contributed by atoms with Gasteiger partial charge >= 0.3 is 0 Å². The molecule has 110 valence electrons. The van der Waals surface area contributed by atoms with Crippen LogP contribution in [0.15, 0.2) is 34.2 Å². The van der Waals surface area contributed by atoms with E-state index in [1.54, 1.807) is 12.1 Å². The maximum atomic E-state index is 12.1. The molecular weight excluding hydrogens is 298 g/mol. The lowest BCUT2D eigenvalue weighted by Crippen LogP contribution is -2.36. The average Bonchev–Trinajstić information content (AvgIpc) is 3.22. The Balaban J connectivity index is 1.95. The molecular formula is C13H18ClN3O2S. The molecule has 0 saturated heterocycles. The van der Waals surface area contributed by atoms with Crippen LogP contribution in [0, 0.1) is 0 Å². The largest absolute Gasteiger partial charge is 0.370 e. The van der Waals surface area contributed by atoms with E-state index < -0.39 is 9.84 Å². The van der Waals surface area contributed by atoms with Crippen molar-refractivity contribution in [1.29, 1.82) is 0 Å². The standard InChI is InChI=1S/C13H18ClN3O2S/c1-17(11-4-5-11)13(15)16-8-9-20(18,19)12-6-2-10(14)3-7-12/h2-3,6-7,11H,4-5,8-9H2,1H3,(H2,15,16). The lowest BCUT2D eigenvalue weighted by molar-refractivity contribution is 0.488. The molecule has 0 aliphatic heterocycles. The summed E-state index contributed by atoms with van der Waals surface area (Å²) in [5.41, 5.74) is 5.81. The summed E-state index contributed by atoms with van der Waals surface area (Å²) in [5.74, 6) is 0.340. The Labute approximate surface area is 124 Å². The van der Waals surface area contributed by atoms with Crippen LogP contribution >= 0.6 is 11.6 Å². The van der Waals surface area contributed by atoms with Crippen molar-refractivity contribution in [3.05, 3.63) is 29.3 Å². The van der Waals surface area contributed by atoms with Crippen molar-refractivity contribution < 1.29 is 8.42 Å². The number of benzene rings is 1. The molecule has 0 spiro atoms. The van der Waals surface area contributed by atoms with E-state index in [1.807, 2.05) is 11.9 Å². The van der Waals surface area contributed by atoms with Gasteiger partial charge in [-0.15, -0.1) is 0 Å². The lowest BCUT2D eigenvalue weighted by atomic mass is 10.4. The van der Waals surface area contributed by atoms with Gasteiger partial charge in [-0.3, -0.25) is 4.99 Å². The summed E-state index contributed by atoms with van der Waals surface area (Å²) in [6, 6.07) is 6.59. The van der Waals surface area contributed by atoms with E-state index in [1.165, 1.54) is 12.1 Å². The molecule has 20 heavy (non-hydrogen) atoms. The molecule has 2 rings (SSSR count). The molecule has 1 saturated carbocycles. The molecule has 5 nitrogen and oxygen atoms in total. The van der Waals surface area contributed by atoms with Crippen molar-refractivity contribution >= 4 is 27.4 Å². The van der Waals surface area contributed by atoms with Gasteiger partial charge in [-0.25, -0.2) is 8.42 Å². The van der Waals surface area contributed by atoms with E-state index in [9.17, 15) is 8.42 Å². The first kappa shape index (κ1) is 15.1. The fourth-order valence-corrected chi connectivity index (χ4v) is 3.04. The van der Waals surface area contributed by atoms with Gasteiger partial charge in [0, 0.05) is 18.1 Å². The number of guanidine groups is 1. The van der Waals surface area contributed by atoms with E-state index >= 15 is 0 Å². The van der Waals surface area contributed by atoms with Crippen molar-refractivity contribution in [1.82, 2.24) is 4.90 Å². The Morgan fingerprint density at radius 2 is 2.00 bits per heavy atom. The smallest absolute Gasteiger partial charge is 0.191 e. The number of rotatable bonds is 5. The SMILES string of the molecule is CN(C(N)=NCCS(=O)(=O)c1ccc(Cl)cc1)C1CC1. The van der Waals surface area contributed by atoms with Gasteiger partial charge in [-0.05, 0) is 37.1 Å². The highest BCUT2D eigenvalue weighted by molar-refractivity contribution is 7.91. The fourth-order valence-electron chi connectivity index (χ4n) is 1.80. The topological polar surface area (TPSA) is 75.8 Å². The molecule has 7 heteroatoms. The second-order valence-electron chi connectivity index (χ2n) is 4.85. The second kappa shape index (κ2) is 6.01. The first-order valence-electron chi connectivity index (χ1n) is 6.41. The Kier molecular flexibility index (Phi) is 4.55. The highest BCUT2D eigenvalue weighted by Crippen LogP contribution is 2.24. The lowest BCUT2D eigenvalue weighted by Gasteiger charge is -2.16. The van der Waals surface area contributed by atoms with Gasteiger partial charge in [0.2, 0.25) is 0 Å². The summed E-state index contributed by atoms with van der Waals surface area (Å²) < 4.78 is 24.1. The van der Waals surface area contributed by atoms with Crippen LogP contribution in [0.2, 0.25) is 5.02 Å². The van der Waals surface area contributed by atoms with Gasteiger partial charge in [0.1, 0.15) is 0 Å². The first-order chi connectivity index (χ1) is 9.40. The minimum Gasteiger partial charge on any atom is -0.370 e. The second-order valence-corrected chi connectivity index (χ2v) is 7.40. The van der Waals surface area contributed by atoms with Crippen LogP contribution in [-0.4, -0.2) is 44.7 Å². The van der Waals surface area contributed by atoms with Crippen LogP contribution in [0.1, 0.15) is 12.8 Å². The third-order valence-electron chi connectivity index (χ3n) is 3.26. The number of nitrogens with two attached hydrogens (primary N) is 1. The summed E-state index contributed by atoms with van der Waals surface area (Å²) in [5, 5.41) is 0.511. The Bertz CT molecular complexity index is 595. The van der Waals surface area contributed by atoms with Gasteiger partial charge in [-0.1, -0.05) is 11.6 Å². The molecule has 0 heterocycles. The van der Waals surface area contributed by atoms with E-state index in [0.29, 0.717) is 17.0 Å². The van der Waals surface area contributed by atoms with Crippen molar-refractivity contribution in [2.24, 2.45) is 10.7 Å². The minimum absolute atomic E-state index is 0.0617. The van der Waals surface area contributed by atoms with Crippen molar-refractivity contribution in [3.63, 3.8) is 0 Å². The quantitative estimate of drug-likeness (QED) is 0.660. The maximum Gasteiger partial charge on any atom is 0.191 e. The number of sulfone groups is 1. The van der Waals surface area contributed by atoms with Gasteiger partial charge in [-0.2, -0.15) is 0 Å². The van der Waals surface area contributed by atoms with Crippen LogP contribution in [0.4, 0.5) is 0 Å². The van der Waals surface area contributed by atoms with Crippen LogP contribution in [0.25, 0.3) is 0 Å². The predicted octanol–water partition coefficient (Wildman–Crippen LogP) is 1.52. The maximum absolute atomic E-state index is 12.1. The number of nitrogens with zero attached hydrogens (tertiary/aromatic N) is 2. The molecule has 1 aromatic rings. The Morgan fingerprint density at radius 3 is 2.55 bits per heavy atom. The molecule has 0 unspecified atom stereocenters. The molecule has 1 fully saturated rings. The zero-order chi connectivity index (χ0) is 14.8.